The average Bonchev–Trinajstić information content (AvgIpc) is 1.65. The molecule has 10 fully saturated rings. The largest absolute Gasteiger partial charge is 0.465 e. The first kappa shape index (κ1) is 105. The van der Waals surface area contributed by atoms with E-state index < -0.39 is 11.9 Å². The van der Waals surface area contributed by atoms with E-state index in [4.69, 9.17) is 23.7 Å². The van der Waals surface area contributed by atoms with Crippen LogP contribution in [0.4, 0.5) is 52.4 Å². The Balaban J connectivity index is 0.000000122. The Morgan fingerprint density at radius 2 is 0.584 bits per heavy atom. The fourth-order valence-electron chi connectivity index (χ4n) is 25.6. The maximum absolute atomic E-state index is 13.0. The molecular weight excluding hydrogens is 1870 g/mol. The van der Waals surface area contributed by atoms with Crippen LogP contribution in [-0.2, 0) is 41.9 Å². The summed E-state index contributed by atoms with van der Waals surface area (Å²) >= 11 is 0. The molecule has 5 saturated heterocycles. The Bertz CT molecular complexity index is 6610. The molecule has 29 heteroatoms. The van der Waals surface area contributed by atoms with E-state index in [1.807, 2.05) is 94.7 Å². The minimum absolute atomic E-state index is 0.00316. The molecule has 7 heterocycles. The molecule has 5 saturated carbocycles. The van der Waals surface area contributed by atoms with Crippen molar-refractivity contribution in [3.63, 3.8) is 0 Å². The monoisotopic (exact) mass is 2020 g/mol. The molecule has 11 aromatic rings. The van der Waals surface area contributed by atoms with E-state index in [-0.39, 0.29) is 98.3 Å². The van der Waals surface area contributed by atoms with Crippen LogP contribution < -0.4 is 60.6 Å². The van der Waals surface area contributed by atoms with E-state index in [0.717, 1.165) is 168 Å². The first-order valence-electron chi connectivity index (χ1n) is 52.1. The van der Waals surface area contributed by atoms with Gasteiger partial charge in [-0.25, -0.2) is 38.4 Å². The Labute approximate surface area is 875 Å². The molecule has 6 aliphatic heterocycles. The minimum Gasteiger partial charge on any atom is -0.465 e. The Hall–Kier alpha value is -14.2. The first-order chi connectivity index (χ1) is 71.7. The molecule has 0 atom stereocenters. The molecule has 11 aliphatic rings. The van der Waals surface area contributed by atoms with Gasteiger partial charge in [0.25, 0.3) is 0 Å². The summed E-state index contributed by atoms with van der Waals surface area (Å²) in [6.45, 7) is 3.43. The maximum Gasteiger partial charge on any atom is 0.339 e. The molecular formula is C120H142N16O13. The zero-order valence-electron chi connectivity index (χ0n) is 88.2. The molecule has 29 nitrogen and oxygen atoms in total. The summed E-state index contributed by atoms with van der Waals surface area (Å²) in [6, 6.07) is 90.1. The standard InChI is InChI=1S/C25H28N4O.3C24H29N3O3.C23H27N3O3/c1-28(2)25(19-8-4-3-5-9-19)15-13-24(14-16-25)18-29(23(30)27-24)22-12-6-11-21-20(22)10-7-17-26-21;1-26(2)24(19-9-5-4-6-10-19)14-12-23(13-15-24)17-27(22(29)25-23)20-11-7-8-18(16-20)21(28)30-3;1-26(2)24(18-9-5-4-6-10-18)15-13-23(14-16-24)17-27(22(29)25-23)20-12-8-7-11-19(20)21(28)30-3;1-26(2)24(19-7-5-4-6-8-19)15-13-23(14-16-24)17-27(22(29)25-23)20-11-9-18(10-12-20)21(28)30-3;1-25(2)23(17-6-4-3-5-7-17)12-10-22(11-13-23)15-26(21(27)24-22)18-8-9-19-20(14-18)29-16-28-19/h3-12,17H,13-16,18H2,1-2H3,(H,27,30);4-11,16H,12-15,17H2,1-3H3,(H,25,29);2*4-12H,13-17H2,1-3H3,(H,25,29);3-9,14H,10-13,15-16H2,1-2H3,(H,24,27). The number of fused-ring (bicyclic) bond motifs is 2. The fraction of sp³-hybridized carbons (Fsp3) is 0.408. The van der Waals surface area contributed by atoms with Gasteiger partial charge in [-0.3, -0.25) is 54.0 Å². The number of hydrogen-bond donors (Lipinski definition) is 5. The van der Waals surface area contributed by atoms with E-state index in [0.29, 0.717) is 60.9 Å². The number of hydrogen-bond acceptors (Lipinski definition) is 19. The second kappa shape index (κ2) is 43.2. The van der Waals surface area contributed by atoms with Gasteiger partial charge in [-0.05, 0) is 318 Å². The molecule has 0 bridgehead atoms. The van der Waals surface area contributed by atoms with Gasteiger partial charge in [-0.15, -0.1) is 0 Å². The quantitative estimate of drug-likeness (QED) is 0.0394. The third-order valence-corrected chi connectivity index (χ3v) is 34.8. The number of ether oxygens (including phenoxy) is 5. The van der Waals surface area contributed by atoms with Gasteiger partial charge in [0.15, 0.2) is 11.5 Å². The lowest BCUT2D eigenvalue weighted by Crippen LogP contribution is -2.54. The number of amides is 10. The van der Waals surface area contributed by atoms with Gasteiger partial charge in [0.1, 0.15) is 0 Å². The van der Waals surface area contributed by atoms with E-state index in [1.54, 1.807) is 63.4 Å². The van der Waals surface area contributed by atoms with Crippen molar-refractivity contribution < 1.29 is 62.0 Å². The highest BCUT2D eigenvalue weighted by atomic mass is 16.7. The summed E-state index contributed by atoms with van der Waals surface area (Å²) in [5.41, 5.74) is 11.8. The number of esters is 3. The fourth-order valence-corrected chi connectivity index (χ4v) is 25.6. The lowest BCUT2D eigenvalue weighted by Gasteiger charge is -2.48. The SMILES string of the molecule is CN(C)C1(c2ccccc2)CCC2(CC1)CN(c1ccc3c(c1)OCO3)C(=O)N2.CN(C)C1(c2ccccc2)CCC2(CC1)CN(c1cccc3ncccc13)C(=O)N2.COC(=O)c1ccc(N2CC3(CCC(c4ccccc4)(N(C)C)CC3)NC2=O)cc1.COC(=O)c1cccc(N2CC3(CCC(c4ccccc4)(N(C)C)CC3)NC2=O)c1.COC(=O)c1ccccc1N1CC2(CCC(c3ccccc3)(N(C)C)CC2)NC1=O. The number of carbonyl (C=O) groups is 8. The normalized spacial score (nSPS) is 26.6. The van der Waals surface area contributed by atoms with E-state index in [9.17, 15) is 38.4 Å². The predicted octanol–water partition coefficient (Wildman–Crippen LogP) is 19.6. The molecule has 149 heavy (non-hydrogen) atoms. The summed E-state index contributed by atoms with van der Waals surface area (Å²) in [7, 11) is 25.6. The van der Waals surface area contributed by atoms with Gasteiger partial charge < -0.3 is 50.3 Å². The molecule has 10 amide bonds. The second-order valence-electron chi connectivity index (χ2n) is 43.4. The average molecular weight is 2020 g/mol. The molecule has 10 aromatic carbocycles. The van der Waals surface area contributed by atoms with Gasteiger partial charge in [0.05, 0.1) is 115 Å². The summed E-state index contributed by atoms with van der Waals surface area (Å²) < 4.78 is 25.4. The lowest BCUT2D eigenvalue weighted by atomic mass is 9.69. The number of nitrogens with one attached hydrogen (secondary N) is 5. The van der Waals surface area contributed by atoms with Gasteiger partial charge >= 0.3 is 48.1 Å². The van der Waals surface area contributed by atoms with Gasteiger partial charge in [-0.2, -0.15) is 0 Å². The number of rotatable bonds is 18. The van der Waals surface area contributed by atoms with Crippen LogP contribution in [0.25, 0.3) is 10.9 Å². The third-order valence-electron chi connectivity index (χ3n) is 34.8. The van der Waals surface area contributed by atoms with Gasteiger partial charge in [-0.1, -0.05) is 176 Å². The van der Waals surface area contributed by atoms with Crippen LogP contribution in [0.1, 0.15) is 187 Å². The Kier molecular flexibility index (Phi) is 30.3. The third kappa shape index (κ3) is 20.7. The number of nitrogens with zero attached hydrogens (tertiary/aromatic N) is 11. The number of methoxy groups -OCH3 is 3. The predicted molar refractivity (Wildman–Crippen MR) is 582 cm³/mol. The molecule has 780 valence electrons. The van der Waals surface area contributed by atoms with Crippen molar-refractivity contribution in [3.8, 4) is 11.5 Å². The number of urea groups is 5. The zero-order chi connectivity index (χ0) is 105. The van der Waals surface area contributed by atoms with Crippen LogP contribution in [-0.4, -0.2) is 237 Å². The number of benzene rings is 10. The van der Waals surface area contributed by atoms with E-state index in [2.05, 4.69) is 272 Å². The number of pyridine rings is 1. The van der Waals surface area contributed by atoms with Crippen molar-refractivity contribution in [2.24, 2.45) is 0 Å². The van der Waals surface area contributed by atoms with Crippen molar-refractivity contribution in [3.05, 3.63) is 324 Å². The van der Waals surface area contributed by atoms with Crippen LogP contribution in [0, 0.1) is 0 Å². The van der Waals surface area contributed by atoms with Crippen LogP contribution in [0.3, 0.4) is 0 Å². The van der Waals surface area contributed by atoms with Crippen LogP contribution >= 0.6 is 0 Å². The van der Waals surface area contributed by atoms with Crippen LogP contribution in [0.15, 0.2) is 279 Å². The topological polar surface area (TPSA) is 288 Å². The smallest absolute Gasteiger partial charge is 0.339 e. The van der Waals surface area contributed by atoms with Crippen LogP contribution in [0.2, 0.25) is 0 Å². The Morgan fingerprint density at radius 3 is 0.953 bits per heavy atom. The van der Waals surface area contributed by atoms with Crippen molar-refractivity contribution >= 4 is 87.4 Å². The van der Waals surface area contributed by atoms with Gasteiger partial charge in [0, 0.05) is 62.4 Å². The molecule has 5 aliphatic carbocycles. The minimum atomic E-state index is -0.432. The molecule has 1 aromatic heterocycles. The second-order valence-corrected chi connectivity index (χ2v) is 43.4. The van der Waals surface area contributed by atoms with Crippen molar-refractivity contribution in [1.82, 2.24) is 56.1 Å². The summed E-state index contributed by atoms with van der Waals surface area (Å²) in [5.74, 6) is 0.230. The highest BCUT2D eigenvalue weighted by molar-refractivity contribution is 6.06. The van der Waals surface area contributed by atoms with Gasteiger partial charge in [0.2, 0.25) is 6.79 Å². The molecule has 5 spiro atoms. The summed E-state index contributed by atoms with van der Waals surface area (Å²) in [4.78, 5) is 125. The molecule has 0 unspecified atom stereocenters. The van der Waals surface area contributed by atoms with Crippen LogP contribution in [0.5, 0.6) is 11.5 Å². The van der Waals surface area contributed by atoms with Crippen molar-refractivity contribution in [2.45, 2.75) is 184 Å². The Morgan fingerprint density at radius 1 is 0.282 bits per heavy atom. The summed E-state index contributed by atoms with van der Waals surface area (Å²) in [6.07, 6.45) is 20.9. The number of aromatic nitrogens is 1. The molecule has 5 N–H and O–H groups in total. The van der Waals surface area contributed by atoms with Crippen molar-refractivity contribution in [1.29, 1.82) is 0 Å². The van der Waals surface area contributed by atoms with E-state index in [1.165, 1.54) is 49.1 Å². The maximum atomic E-state index is 13.0. The highest BCUT2D eigenvalue weighted by Crippen LogP contribution is 2.54. The number of carbonyl (C=O) groups excluding carboxylic acids is 8. The zero-order valence-corrected chi connectivity index (χ0v) is 88.2. The first-order valence-corrected chi connectivity index (χ1v) is 52.1. The lowest BCUT2D eigenvalue weighted by molar-refractivity contribution is 0.0592. The van der Waals surface area contributed by atoms with E-state index >= 15 is 0 Å². The number of para-hydroxylation sites is 1. The molecule has 0 radical (unpaired) electrons. The number of anilines is 5. The molecule has 22 rings (SSSR count). The van der Waals surface area contributed by atoms with Crippen molar-refractivity contribution in [2.75, 3.05) is 156 Å². The summed E-state index contributed by atoms with van der Waals surface area (Å²) in [5, 5.41) is 17.5. The highest BCUT2D eigenvalue weighted by Gasteiger charge is 2.57.